The Morgan fingerprint density at radius 1 is 1.40 bits per heavy atom. The lowest BCUT2D eigenvalue weighted by Gasteiger charge is -1.94. The molecule has 10 heavy (non-hydrogen) atoms. The normalized spacial score (nSPS) is 9.90. The summed E-state index contributed by atoms with van der Waals surface area (Å²) in [4.78, 5) is 10.8. The molecule has 0 saturated carbocycles. The number of hydrogen-bond acceptors (Lipinski definition) is 2. The van der Waals surface area contributed by atoms with Crippen LogP contribution in [0.3, 0.4) is 0 Å². The minimum Gasteiger partial charge on any atom is -0.504 e. The van der Waals surface area contributed by atoms with E-state index in [1.165, 1.54) is 6.08 Å². The predicted octanol–water partition coefficient (Wildman–Crippen LogP) is 1.98. The SMILES string of the molecule is C/C=C\C(=O)C(O)=C(C)C. The van der Waals surface area contributed by atoms with Crippen LogP contribution in [-0.4, -0.2) is 10.9 Å². The highest BCUT2D eigenvalue weighted by Crippen LogP contribution is 2.00. The molecule has 56 valence electrons. The van der Waals surface area contributed by atoms with Crippen LogP contribution in [0.5, 0.6) is 0 Å². The lowest BCUT2D eigenvalue weighted by molar-refractivity contribution is -0.113. The second-order valence-electron chi connectivity index (χ2n) is 2.21. The van der Waals surface area contributed by atoms with Crippen LogP contribution in [0, 0.1) is 0 Å². The van der Waals surface area contributed by atoms with Gasteiger partial charge in [-0.05, 0) is 32.4 Å². The maximum Gasteiger partial charge on any atom is 0.219 e. The zero-order valence-corrected chi connectivity index (χ0v) is 6.51. The largest absolute Gasteiger partial charge is 0.504 e. The van der Waals surface area contributed by atoms with Crippen LogP contribution in [0.4, 0.5) is 0 Å². The number of rotatable bonds is 2. The van der Waals surface area contributed by atoms with Gasteiger partial charge in [0.25, 0.3) is 0 Å². The zero-order valence-electron chi connectivity index (χ0n) is 6.51. The predicted molar refractivity (Wildman–Crippen MR) is 40.8 cm³/mol. The van der Waals surface area contributed by atoms with Gasteiger partial charge in [0.05, 0.1) is 0 Å². The van der Waals surface area contributed by atoms with E-state index in [1.807, 2.05) is 0 Å². The van der Waals surface area contributed by atoms with Gasteiger partial charge in [0.15, 0.2) is 5.76 Å². The molecule has 0 radical (unpaired) electrons. The first-order valence-electron chi connectivity index (χ1n) is 3.13. The van der Waals surface area contributed by atoms with Gasteiger partial charge in [-0.15, -0.1) is 0 Å². The van der Waals surface area contributed by atoms with Crippen LogP contribution in [0.1, 0.15) is 20.8 Å². The molecule has 0 saturated heterocycles. The van der Waals surface area contributed by atoms with Crippen molar-refractivity contribution in [3.8, 4) is 0 Å². The van der Waals surface area contributed by atoms with Crippen molar-refractivity contribution < 1.29 is 9.90 Å². The van der Waals surface area contributed by atoms with Crippen molar-refractivity contribution in [3.63, 3.8) is 0 Å². The number of ketones is 1. The van der Waals surface area contributed by atoms with Crippen LogP contribution in [0.2, 0.25) is 0 Å². The summed E-state index contributed by atoms with van der Waals surface area (Å²) in [5, 5.41) is 9.00. The fourth-order valence-electron chi connectivity index (χ4n) is 0.477. The van der Waals surface area contributed by atoms with Crippen LogP contribution < -0.4 is 0 Å². The molecule has 0 aliphatic heterocycles. The highest BCUT2D eigenvalue weighted by atomic mass is 16.3. The summed E-state index contributed by atoms with van der Waals surface area (Å²) in [5.41, 5.74) is 0.642. The summed E-state index contributed by atoms with van der Waals surface area (Å²) < 4.78 is 0. The van der Waals surface area contributed by atoms with Crippen LogP contribution in [-0.2, 0) is 4.79 Å². The van der Waals surface area contributed by atoms with Gasteiger partial charge in [-0.25, -0.2) is 0 Å². The molecule has 0 aliphatic carbocycles. The van der Waals surface area contributed by atoms with Gasteiger partial charge in [0, 0.05) is 0 Å². The highest BCUT2D eigenvalue weighted by Gasteiger charge is 2.02. The molecule has 0 aliphatic rings. The minimum absolute atomic E-state index is 0.155. The fourth-order valence-corrected chi connectivity index (χ4v) is 0.477. The van der Waals surface area contributed by atoms with E-state index in [2.05, 4.69) is 0 Å². The summed E-state index contributed by atoms with van der Waals surface area (Å²) in [5.74, 6) is -0.486. The molecular weight excluding hydrogens is 128 g/mol. The number of aliphatic hydroxyl groups excluding tert-OH is 1. The van der Waals surface area contributed by atoms with Crippen LogP contribution in [0.15, 0.2) is 23.5 Å². The van der Waals surface area contributed by atoms with E-state index < -0.39 is 0 Å². The number of hydrogen-bond donors (Lipinski definition) is 1. The van der Waals surface area contributed by atoms with Crippen LogP contribution >= 0.6 is 0 Å². The standard InChI is InChI=1S/C8H12O2/c1-4-5-7(9)8(10)6(2)3/h4-5,10H,1-3H3/b5-4-. The molecule has 2 nitrogen and oxygen atoms in total. The Kier molecular flexibility index (Phi) is 3.47. The van der Waals surface area contributed by atoms with E-state index in [9.17, 15) is 4.79 Å². The van der Waals surface area contributed by atoms with Crippen molar-refractivity contribution in [2.75, 3.05) is 0 Å². The quantitative estimate of drug-likeness (QED) is 0.470. The molecular formula is C8H12O2. The Morgan fingerprint density at radius 2 is 1.90 bits per heavy atom. The lowest BCUT2D eigenvalue weighted by atomic mass is 10.2. The van der Waals surface area contributed by atoms with Crippen molar-refractivity contribution >= 4 is 5.78 Å². The smallest absolute Gasteiger partial charge is 0.219 e. The molecule has 0 spiro atoms. The van der Waals surface area contributed by atoms with Crippen molar-refractivity contribution in [2.24, 2.45) is 0 Å². The molecule has 0 aromatic heterocycles. The Bertz CT molecular complexity index is 183. The van der Waals surface area contributed by atoms with Crippen molar-refractivity contribution in [2.45, 2.75) is 20.8 Å². The number of aliphatic hydroxyl groups is 1. The van der Waals surface area contributed by atoms with E-state index in [1.54, 1.807) is 26.8 Å². The molecule has 2 heteroatoms. The monoisotopic (exact) mass is 140 g/mol. The Hall–Kier alpha value is -1.05. The molecule has 0 bridgehead atoms. The number of carbonyl (C=O) groups is 1. The first kappa shape index (κ1) is 8.95. The maximum atomic E-state index is 10.8. The Balaban J connectivity index is 4.38. The van der Waals surface area contributed by atoms with E-state index in [0.29, 0.717) is 5.57 Å². The van der Waals surface area contributed by atoms with Gasteiger partial charge in [0.1, 0.15) is 0 Å². The lowest BCUT2D eigenvalue weighted by Crippen LogP contribution is -1.98. The van der Waals surface area contributed by atoms with Gasteiger partial charge in [-0.3, -0.25) is 4.79 Å². The minimum atomic E-state index is -0.331. The van der Waals surface area contributed by atoms with Crippen molar-refractivity contribution in [1.82, 2.24) is 0 Å². The summed E-state index contributed by atoms with van der Waals surface area (Å²) >= 11 is 0. The molecule has 0 amide bonds. The zero-order chi connectivity index (χ0) is 8.15. The maximum absolute atomic E-state index is 10.8. The van der Waals surface area contributed by atoms with Crippen LogP contribution in [0.25, 0.3) is 0 Å². The van der Waals surface area contributed by atoms with Gasteiger partial charge in [-0.2, -0.15) is 0 Å². The summed E-state index contributed by atoms with van der Waals surface area (Å²) in [7, 11) is 0. The first-order valence-corrected chi connectivity index (χ1v) is 3.13. The fraction of sp³-hybridized carbons (Fsp3) is 0.375. The molecule has 1 N–H and O–H groups in total. The Morgan fingerprint density at radius 3 is 2.20 bits per heavy atom. The van der Waals surface area contributed by atoms with Crippen molar-refractivity contribution in [3.05, 3.63) is 23.5 Å². The first-order chi connectivity index (χ1) is 4.59. The topological polar surface area (TPSA) is 37.3 Å². The molecule has 0 fully saturated rings. The average molecular weight is 140 g/mol. The van der Waals surface area contributed by atoms with Gasteiger partial charge in [0.2, 0.25) is 5.78 Å². The molecule has 0 unspecified atom stereocenters. The van der Waals surface area contributed by atoms with Gasteiger partial charge in [-0.1, -0.05) is 6.08 Å². The molecule has 0 atom stereocenters. The molecule has 0 aromatic carbocycles. The average Bonchev–Trinajstić information content (AvgIpc) is 1.87. The number of allylic oxidation sites excluding steroid dienone is 3. The third-order valence-electron chi connectivity index (χ3n) is 1.03. The summed E-state index contributed by atoms with van der Waals surface area (Å²) in [6.07, 6.45) is 2.93. The van der Waals surface area contributed by atoms with Crippen molar-refractivity contribution in [1.29, 1.82) is 0 Å². The summed E-state index contributed by atoms with van der Waals surface area (Å²) in [6.45, 7) is 5.11. The van der Waals surface area contributed by atoms with Gasteiger partial charge < -0.3 is 5.11 Å². The molecule has 0 rings (SSSR count). The summed E-state index contributed by atoms with van der Waals surface area (Å²) in [6, 6.07) is 0. The third kappa shape index (κ3) is 2.49. The van der Waals surface area contributed by atoms with E-state index >= 15 is 0 Å². The van der Waals surface area contributed by atoms with E-state index in [-0.39, 0.29) is 11.5 Å². The van der Waals surface area contributed by atoms with E-state index in [4.69, 9.17) is 5.11 Å². The highest BCUT2D eigenvalue weighted by molar-refractivity contribution is 6.02. The Labute approximate surface area is 60.9 Å². The van der Waals surface area contributed by atoms with E-state index in [0.717, 1.165) is 0 Å². The second-order valence-corrected chi connectivity index (χ2v) is 2.21. The number of carbonyl (C=O) groups excluding carboxylic acids is 1. The second kappa shape index (κ2) is 3.88. The third-order valence-corrected chi connectivity index (χ3v) is 1.03. The molecule has 0 heterocycles. The molecule has 0 aromatic rings. The van der Waals surface area contributed by atoms with Gasteiger partial charge >= 0.3 is 0 Å².